The molecule has 0 saturated carbocycles. The molecule has 2 heterocycles. The molecular formula is C15H26N4. The molecule has 4 nitrogen and oxygen atoms in total. The van der Waals surface area contributed by atoms with Crippen LogP contribution in [0.1, 0.15) is 56.7 Å². The Hall–Kier alpha value is -1.00. The molecule has 1 aromatic rings. The van der Waals surface area contributed by atoms with Crippen LogP contribution in [0.5, 0.6) is 0 Å². The second-order valence-electron chi connectivity index (χ2n) is 5.97. The van der Waals surface area contributed by atoms with Gasteiger partial charge >= 0.3 is 0 Å². The van der Waals surface area contributed by atoms with Gasteiger partial charge in [0.15, 0.2) is 0 Å². The van der Waals surface area contributed by atoms with E-state index < -0.39 is 0 Å². The highest BCUT2D eigenvalue weighted by molar-refractivity contribution is 5.17. The highest BCUT2D eigenvalue weighted by Gasteiger charge is 2.14. The van der Waals surface area contributed by atoms with Crippen molar-refractivity contribution in [3.05, 3.63) is 23.3 Å². The number of aromatic nitrogens is 2. The molecule has 0 radical (unpaired) electrons. The molecule has 4 heteroatoms. The van der Waals surface area contributed by atoms with Gasteiger partial charge < -0.3 is 5.32 Å². The third-order valence-corrected chi connectivity index (χ3v) is 3.57. The second-order valence-corrected chi connectivity index (χ2v) is 5.97. The van der Waals surface area contributed by atoms with Gasteiger partial charge in [-0.05, 0) is 17.9 Å². The van der Waals surface area contributed by atoms with Crippen LogP contribution in [0.2, 0.25) is 0 Å². The lowest BCUT2D eigenvalue weighted by Gasteiger charge is -2.26. The molecule has 0 unspecified atom stereocenters. The fourth-order valence-corrected chi connectivity index (χ4v) is 2.27. The minimum absolute atomic E-state index is 0.460. The van der Waals surface area contributed by atoms with Gasteiger partial charge in [0.1, 0.15) is 5.82 Å². The number of hydrogen-bond donors (Lipinski definition) is 1. The van der Waals surface area contributed by atoms with Crippen LogP contribution in [-0.2, 0) is 6.54 Å². The third-order valence-electron chi connectivity index (χ3n) is 3.57. The lowest BCUT2D eigenvalue weighted by molar-refractivity contribution is 0.227. The summed E-state index contributed by atoms with van der Waals surface area (Å²) < 4.78 is 0. The molecule has 1 aromatic heterocycles. The van der Waals surface area contributed by atoms with E-state index in [4.69, 9.17) is 9.97 Å². The van der Waals surface area contributed by atoms with Crippen molar-refractivity contribution in [2.45, 2.75) is 46.1 Å². The lowest BCUT2D eigenvalue weighted by atomic mass is 10.0. The summed E-state index contributed by atoms with van der Waals surface area (Å²) in [5, 5.41) is 3.38. The van der Waals surface area contributed by atoms with Crippen LogP contribution in [0.25, 0.3) is 0 Å². The Bertz CT molecular complexity index is 382. The Kier molecular flexibility index (Phi) is 4.88. The van der Waals surface area contributed by atoms with Crippen LogP contribution in [0.4, 0.5) is 0 Å². The monoisotopic (exact) mass is 262 g/mol. The van der Waals surface area contributed by atoms with Crippen LogP contribution < -0.4 is 5.32 Å². The second kappa shape index (κ2) is 6.44. The van der Waals surface area contributed by atoms with E-state index in [2.05, 4.69) is 44.0 Å². The fourth-order valence-electron chi connectivity index (χ4n) is 2.27. The summed E-state index contributed by atoms with van der Waals surface area (Å²) in [6.45, 7) is 14.0. The van der Waals surface area contributed by atoms with Crippen LogP contribution in [0.15, 0.2) is 6.07 Å². The first-order valence-electron chi connectivity index (χ1n) is 7.37. The van der Waals surface area contributed by atoms with Gasteiger partial charge in [-0.3, -0.25) is 4.90 Å². The van der Waals surface area contributed by atoms with Crippen molar-refractivity contribution in [1.29, 1.82) is 0 Å². The summed E-state index contributed by atoms with van der Waals surface area (Å²) in [5.41, 5.74) is 2.34. The highest BCUT2D eigenvalue weighted by atomic mass is 15.2. The summed E-state index contributed by atoms with van der Waals surface area (Å²) in [4.78, 5) is 11.9. The summed E-state index contributed by atoms with van der Waals surface area (Å²) in [6, 6.07) is 2.16. The van der Waals surface area contributed by atoms with E-state index in [1.807, 2.05) is 0 Å². The first-order chi connectivity index (χ1) is 9.06. The van der Waals surface area contributed by atoms with Crippen molar-refractivity contribution in [2.24, 2.45) is 0 Å². The van der Waals surface area contributed by atoms with Gasteiger partial charge in [0.2, 0.25) is 0 Å². The van der Waals surface area contributed by atoms with E-state index in [-0.39, 0.29) is 0 Å². The summed E-state index contributed by atoms with van der Waals surface area (Å²) in [7, 11) is 0. The molecule has 2 rings (SSSR count). The molecule has 1 N–H and O–H groups in total. The van der Waals surface area contributed by atoms with Crippen molar-refractivity contribution >= 4 is 0 Å². The van der Waals surface area contributed by atoms with Crippen molar-refractivity contribution in [3.63, 3.8) is 0 Å². The average molecular weight is 262 g/mol. The van der Waals surface area contributed by atoms with E-state index in [1.54, 1.807) is 0 Å². The van der Waals surface area contributed by atoms with Gasteiger partial charge in [0.25, 0.3) is 0 Å². The number of piperazine rings is 1. The Morgan fingerprint density at radius 1 is 1.05 bits per heavy atom. The minimum atomic E-state index is 0.460. The molecule has 0 spiro atoms. The smallest absolute Gasteiger partial charge is 0.142 e. The van der Waals surface area contributed by atoms with Crippen molar-refractivity contribution in [1.82, 2.24) is 20.2 Å². The molecular weight excluding hydrogens is 236 g/mol. The molecule has 0 amide bonds. The maximum absolute atomic E-state index is 4.74. The zero-order chi connectivity index (χ0) is 13.8. The maximum Gasteiger partial charge on any atom is 0.142 e. The molecule has 1 aliphatic heterocycles. The van der Waals surface area contributed by atoms with E-state index in [0.29, 0.717) is 11.8 Å². The number of nitrogens with one attached hydrogen (secondary N) is 1. The molecule has 1 fully saturated rings. The fraction of sp³-hybridized carbons (Fsp3) is 0.733. The van der Waals surface area contributed by atoms with Crippen LogP contribution in [0.3, 0.4) is 0 Å². The zero-order valence-corrected chi connectivity index (χ0v) is 12.6. The molecule has 0 aromatic carbocycles. The van der Waals surface area contributed by atoms with Crippen molar-refractivity contribution in [2.75, 3.05) is 26.2 Å². The minimum Gasteiger partial charge on any atom is -0.314 e. The Morgan fingerprint density at radius 3 is 2.05 bits per heavy atom. The van der Waals surface area contributed by atoms with E-state index in [0.717, 1.165) is 38.5 Å². The summed E-state index contributed by atoms with van der Waals surface area (Å²) >= 11 is 0. The summed E-state index contributed by atoms with van der Waals surface area (Å²) in [6.07, 6.45) is 0. The first kappa shape index (κ1) is 14.4. The van der Waals surface area contributed by atoms with Crippen LogP contribution in [-0.4, -0.2) is 41.0 Å². The third kappa shape index (κ3) is 3.98. The average Bonchev–Trinajstić information content (AvgIpc) is 2.39. The molecule has 19 heavy (non-hydrogen) atoms. The van der Waals surface area contributed by atoms with E-state index >= 15 is 0 Å². The predicted octanol–water partition coefficient (Wildman–Crippen LogP) is 2.13. The summed E-state index contributed by atoms with van der Waals surface area (Å²) in [5.74, 6) is 1.90. The Morgan fingerprint density at radius 2 is 1.58 bits per heavy atom. The van der Waals surface area contributed by atoms with Gasteiger partial charge in [0.05, 0.1) is 6.54 Å². The number of rotatable bonds is 4. The van der Waals surface area contributed by atoms with Gasteiger partial charge in [-0.2, -0.15) is 0 Å². The maximum atomic E-state index is 4.74. The molecule has 1 saturated heterocycles. The topological polar surface area (TPSA) is 41.1 Å². The standard InChI is InChI=1S/C15H26N4/c1-11(2)13-9-14(12(3)4)18-15(17-13)10-19-7-5-16-6-8-19/h9,11-12,16H,5-8,10H2,1-4H3. The van der Waals surface area contributed by atoms with Gasteiger partial charge in [0, 0.05) is 37.6 Å². The zero-order valence-electron chi connectivity index (χ0n) is 12.6. The van der Waals surface area contributed by atoms with E-state index in [9.17, 15) is 0 Å². The molecule has 0 atom stereocenters. The lowest BCUT2D eigenvalue weighted by Crippen LogP contribution is -2.43. The quantitative estimate of drug-likeness (QED) is 0.902. The van der Waals surface area contributed by atoms with Gasteiger partial charge in [-0.15, -0.1) is 0 Å². The van der Waals surface area contributed by atoms with Crippen molar-refractivity contribution < 1.29 is 0 Å². The Labute approximate surface area is 116 Å². The van der Waals surface area contributed by atoms with Gasteiger partial charge in [-0.25, -0.2) is 9.97 Å². The number of hydrogen-bond acceptors (Lipinski definition) is 4. The highest BCUT2D eigenvalue weighted by Crippen LogP contribution is 2.18. The largest absolute Gasteiger partial charge is 0.314 e. The SMILES string of the molecule is CC(C)c1cc(C(C)C)nc(CN2CCNCC2)n1. The first-order valence-corrected chi connectivity index (χ1v) is 7.37. The Balaban J connectivity index is 2.18. The van der Waals surface area contributed by atoms with Gasteiger partial charge in [-0.1, -0.05) is 27.7 Å². The van der Waals surface area contributed by atoms with E-state index in [1.165, 1.54) is 11.4 Å². The van der Waals surface area contributed by atoms with Crippen LogP contribution >= 0.6 is 0 Å². The molecule has 106 valence electrons. The number of nitrogens with zero attached hydrogens (tertiary/aromatic N) is 3. The van der Waals surface area contributed by atoms with Crippen LogP contribution in [0, 0.1) is 0 Å². The van der Waals surface area contributed by atoms with Crippen molar-refractivity contribution in [3.8, 4) is 0 Å². The predicted molar refractivity (Wildman–Crippen MR) is 78.4 cm³/mol. The normalized spacial score (nSPS) is 17.4. The molecule has 1 aliphatic rings. The molecule has 0 bridgehead atoms. The molecule has 0 aliphatic carbocycles.